The number of anilines is 2. The van der Waals surface area contributed by atoms with Crippen LogP contribution in [0, 0.1) is 15.9 Å². The van der Waals surface area contributed by atoms with Gasteiger partial charge in [-0.3, -0.25) is 14.9 Å². The Morgan fingerprint density at radius 2 is 2.00 bits per heavy atom. The van der Waals surface area contributed by atoms with Gasteiger partial charge in [-0.2, -0.15) is 0 Å². The van der Waals surface area contributed by atoms with Crippen LogP contribution in [0.4, 0.5) is 21.5 Å². The Kier molecular flexibility index (Phi) is 6.19. The van der Waals surface area contributed by atoms with E-state index in [4.69, 9.17) is 4.74 Å². The van der Waals surface area contributed by atoms with Gasteiger partial charge >= 0.3 is 11.7 Å². The zero-order chi connectivity index (χ0) is 22.7. The Morgan fingerprint density at radius 1 is 1.32 bits per heavy atom. The van der Waals surface area contributed by atoms with Gasteiger partial charge in [0.05, 0.1) is 17.4 Å². The Bertz CT molecular complexity index is 1220. The molecular weight excluding hydrogens is 409 g/mol. The molecule has 1 heterocycles. The number of rotatable bonds is 8. The predicted octanol–water partition coefficient (Wildman–Crippen LogP) is 4.30. The number of nitro benzene ring substituents is 1. The standard InChI is InChI=1S/C21H20FN3O6/c1-3-4-9-24-11-15(21(27)28)20(26)14-10-16(22)17(19(18(14)24)25(29)30)23-12-5-7-13(31-2)8-6-12/h5-8,10-11,23H,3-4,9H2,1-2H3,(H,27,28). The number of carboxylic acid groups (broad SMARTS) is 1. The minimum Gasteiger partial charge on any atom is -0.497 e. The first-order valence-electron chi connectivity index (χ1n) is 9.46. The average molecular weight is 429 g/mol. The first-order valence-corrected chi connectivity index (χ1v) is 9.46. The topological polar surface area (TPSA) is 124 Å². The number of pyridine rings is 1. The fraction of sp³-hybridized carbons (Fsp3) is 0.238. The number of benzene rings is 2. The number of carbonyl (C=O) groups is 1. The predicted molar refractivity (Wildman–Crippen MR) is 113 cm³/mol. The third kappa shape index (κ3) is 4.18. The van der Waals surface area contributed by atoms with Crippen LogP contribution in [0.3, 0.4) is 0 Å². The van der Waals surface area contributed by atoms with Crippen LogP contribution in [0.25, 0.3) is 10.9 Å². The summed E-state index contributed by atoms with van der Waals surface area (Å²) in [5, 5.41) is 23.7. The summed E-state index contributed by atoms with van der Waals surface area (Å²) in [6.07, 6.45) is 2.37. The van der Waals surface area contributed by atoms with Gasteiger partial charge in [0, 0.05) is 18.4 Å². The largest absolute Gasteiger partial charge is 0.497 e. The number of nitrogens with zero attached hydrogens (tertiary/aromatic N) is 2. The molecule has 9 nitrogen and oxygen atoms in total. The molecule has 3 aromatic rings. The van der Waals surface area contributed by atoms with Crippen LogP contribution in [-0.4, -0.2) is 27.7 Å². The van der Waals surface area contributed by atoms with E-state index in [0.717, 1.165) is 18.7 Å². The van der Waals surface area contributed by atoms with Gasteiger partial charge in [-0.15, -0.1) is 0 Å². The number of methoxy groups -OCH3 is 1. The van der Waals surface area contributed by atoms with Gasteiger partial charge in [-0.05, 0) is 36.8 Å². The Labute approximate surface area is 175 Å². The van der Waals surface area contributed by atoms with Crippen LogP contribution in [-0.2, 0) is 6.54 Å². The van der Waals surface area contributed by atoms with Crippen molar-refractivity contribution in [2.24, 2.45) is 0 Å². The van der Waals surface area contributed by atoms with E-state index in [-0.39, 0.29) is 17.4 Å². The maximum Gasteiger partial charge on any atom is 0.341 e. The second kappa shape index (κ2) is 8.82. The Balaban J connectivity index is 2.32. The molecule has 31 heavy (non-hydrogen) atoms. The highest BCUT2D eigenvalue weighted by Crippen LogP contribution is 2.37. The van der Waals surface area contributed by atoms with Gasteiger partial charge in [-0.1, -0.05) is 13.3 Å². The molecule has 0 atom stereocenters. The minimum atomic E-state index is -1.49. The van der Waals surface area contributed by atoms with Crippen LogP contribution in [0.5, 0.6) is 5.75 Å². The second-order valence-corrected chi connectivity index (χ2v) is 6.81. The summed E-state index contributed by atoms with van der Waals surface area (Å²) < 4.78 is 21.4. The van der Waals surface area contributed by atoms with E-state index in [1.807, 2.05) is 6.92 Å². The number of hydrogen-bond acceptors (Lipinski definition) is 6. The van der Waals surface area contributed by atoms with E-state index in [1.165, 1.54) is 11.7 Å². The van der Waals surface area contributed by atoms with Gasteiger partial charge in [0.2, 0.25) is 5.43 Å². The first kappa shape index (κ1) is 21.8. The summed E-state index contributed by atoms with van der Waals surface area (Å²) in [6, 6.07) is 7.16. The normalized spacial score (nSPS) is 10.8. The number of halogens is 1. The SMILES string of the molecule is CCCCn1cc(C(=O)O)c(=O)c2cc(F)c(Nc3ccc(OC)cc3)c([N+](=O)[O-])c21. The molecule has 0 aliphatic heterocycles. The van der Waals surface area contributed by atoms with Crippen molar-refractivity contribution in [3.05, 3.63) is 68.2 Å². The number of nitrogens with one attached hydrogen (secondary N) is 1. The summed E-state index contributed by atoms with van der Waals surface area (Å²) in [6.45, 7) is 2.12. The van der Waals surface area contributed by atoms with Crippen molar-refractivity contribution in [3.63, 3.8) is 0 Å². The van der Waals surface area contributed by atoms with E-state index in [9.17, 15) is 29.2 Å². The molecule has 0 unspecified atom stereocenters. The number of ether oxygens (including phenoxy) is 1. The summed E-state index contributed by atoms with van der Waals surface area (Å²) in [7, 11) is 1.48. The summed E-state index contributed by atoms with van der Waals surface area (Å²) in [5.41, 5.74) is -2.38. The molecule has 1 aromatic heterocycles. The van der Waals surface area contributed by atoms with Crippen molar-refractivity contribution in [2.45, 2.75) is 26.3 Å². The molecule has 0 aliphatic rings. The lowest BCUT2D eigenvalue weighted by Gasteiger charge is -2.16. The zero-order valence-corrected chi connectivity index (χ0v) is 16.8. The van der Waals surface area contributed by atoms with E-state index in [2.05, 4.69) is 5.32 Å². The van der Waals surface area contributed by atoms with Gasteiger partial charge in [-0.25, -0.2) is 9.18 Å². The molecule has 0 bridgehead atoms. The fourth-order valence-corrected chi connectivity index (χ4v) is 3.29. The number of fused-ring (bicyclic) bond motifs is 1. The minimum absolute atomic E-state index is 0.133. The summed E-state index contributed by atoms with van der Waals surface area (Å²) in [5.74, 6) is -1.98. The van der Waals surface area contributed by atoms with Crippen LogP contribution in [0.15, 0.2) is 41.3 Å². The summed E-state index contributed by atoms with van der Waals surface area (Å²) >= 11 is 0. The lowest BCUT2D eigenvalue weighted by molar-refractivity contribution is -0.382. The lowest BCUT2D eigenvalue weighted by Crippen LogP contribution is -2.20. The molecule has 162 valence electrons. The maximum atomic E-state index is 15.0. The highest BCUT2D eigenvalue weighted by atomic mass is 19.1. The number of carboxylic acids is 1. The first-order chi connectivity index (χ1) is 14.8. The molecule has 0 aliphatic carbocycles. The van der Waals surface area contributed by atoms with E-state index < -0.39 is 39.1 Å². The van der Waals surface area contributed by atoms with Gasteiger partial charge in [0.25, 0.3) is 0 Å². The highest BCUT2D eigenvalue weighted by Gasteiger charge is 2.28. The number of aryl methyl sites for hydroxylation is 1. The molecule has 2 N–H and O–H groups in total. The molecule has 0 saturated heterocycles. The molecular formula is C21H20FN3O6. The molecule has 2 aromatic carbocycles. The third-order valence-electron chi connectivity index (χ3n) is 4.81. The third-order valence-corrected chi connectivity index (χ3v) is 4.81. The molecule has 3 rings (SSSR count). The number of unbranched alkanes of at least 4 members (excludes halogenated alkanes) is 1. The molecule has 0 radical (unpaired) electrons. The molecule has 10 heteroatoms. The average Bonchev–Trinajstić information content (AvgIpc) is 2.74. The fourth-order valence-electron chi connectivity index (χ4n) is 3.29. The highest BCUT2D eigenvalue weighted by molar-refractivity contribution is 5.99. The van der Waals surface area contributed by atoms with Crippen molar-refractivity contribution >= 4 is 33.9 Å². The van der Waals surface area contributed by atoms with E-state index in [0.29, 0.717) is 17.9 Å². The van der Waals surface area contributed by atoms with Gasteiger partial charge in [0.15, 0.2) is 11.5 Å². The van der Waals surface area contributed by atoms with Crippen LogP contribution < -0.4 is 15.5 Å². The second-order valence-electron chi connectivity index (χ2n) is 6.81. The van der Waals surface area contributed by atoms with Crippen molar-refractivity contribution < 1.29 is 24.0 Å². The number of aromatic carboxylic acids is 1. The monoisotopic (exact) mass is 429 g/mol. The van der Waals surface area contributed by atoms with E-state index in [1.54, 1.807) is 24.3 Å². The van der Waals surface area contributed by atoms with E-state index >= 15 is 0 Å². The molecule has 0 spiro atoms. The van der Waals surface area contributed by atoms with Gasteiger partial charge in [0.1, 0.15) is 16.8 Å². The lowest BCUT2D eigenvalue weighted by atomic mass is 10.1. The van der Waals surface area contributed by atoms with Crippen molar-refractivity contribution in [2.75, 3.05) is 12.4 Å². The van der Waals surface area contributed by atoms with Crippen LogP contribution in [0.1, 0.15) is 30.1 Å². The quantitative estimate of drug-likeness (QED) is 0.404. The molecule has 0 fully saturated rings. The maximum absolute atomic E-state index is 15.0. The molecule has 0 amide bonds. The smallest absolute Gasteiger partial charge is 0.341 e. The van der Waals surface area contributed by atoms with Crippen molar-refractivity contribution in [3.8, 4) is 5.75 Å². The number of aromatic nitrogens is 1. The number of hydrogen-bond donors (Lipinski definition) is 2. The number of nitro groups is 1. The summed E-state index contributed by atoms with van der Waals surface area (Å²) in [4.78, 5) is 35.3. The van der Waals surface area contributed by atoms with Crippen LogP contribution >= 0.6 is 0 Å². The van der Waals surface area contributed by atoms with Gasteiger partial charge < -0.3 is 19.7 Å². The molecule has 0 saturated carbocycles. The Morgan fingerprint density at radius 3 is 2.55 bits per heavy atom. The van der Waals surface area contributed by atoms with Crippen molar-refractivity contribution in [1.29, 1.82) is 0 Å². The van der Waals surface area contributed by atoms with Crippen LogP contribution in [0.2, 0.25) is 0 Å². The zero-order valence-electron chi connectivity index (χ0n) is 16.8. The Hall–Kier alpha value is -3.95. The van der Waals surface area contributed by atoms with Crippen molar-refractivity contribution in [1.82, 2.24) is 4.57 Å².